The van der Waals surface area contributed by atoms with Gasteiger partial charge >= 0.3 is 0 Å². The molecule has 2 nitrogen and oxygen atoms in total. The van der Waals surface area contributed by atoms with Crippen LogP contribution in [0.2, 0.25) is 0 Å². The summed E-state index contributed by atoms with van der Waals surface area (Å²) < 4.78 is 5.59. The molecule has 2 N–H and O–H groups in total. The zero-order valence-electron chi connectivity index (χ0n) is 7.79. The molecule has 0 spiro atoms. The van der Waals surface area contributed by atoms with Gasteiger partial charge in [0, 0.05) is 11.6 Å². The zero-order valence-corrected chi connectivity index (χ0v) is 7.79. The monoisotopic (exact) mass is 174 g/mol. The maximum atomic E-state index is 5.65. The quantitative estimate of drug-likeness (QED) is 0.626. The number of benzene rings is 1. The van der Waals surface area contributed by atoms with Crippen LogP contribution in [0.4, 0.5) is 0 Å². The van der Waals surface area contributed by atoms with Gasteiger partial charge < -0.3 is 4.42 Å². The Morgan fingerprint density at radius 3 is 2.69 bits per heavy atom. The first kappa shape index (κ1) is 8.05. The SMILES string of the molecule is Cc1cc2ccc(=[NH2+])cc-2oc1C. The summed E-state index contributed by atoms with van der Waals surface area (Å²) in [6.45, 7) is 3.99. The Hall–Kier alpha value is -1.57. The lowest BCUT2D eigenvalue weighted by Gasteiger charge is -2.06. The number of fused-ring (bicyclic) bond motifs is 1. The summed E-state index contributed by atoms with van der Waals surface area (Å²) in [7, 11) is 0. The minimum absolute atomic E-state index is 0.736. The molecular weight excluding hydrogens is 162 g/mol. The van der Waals surface area contributed by atoms with Crippen LogP contribution in [-0.4, -0.2) is 0 Å². The van der Waals surface area contributed by atoms with Crippen molar-refractivity contribution in [2.24, 2.45) is 0 Å². The van der Waals surface area contributed by atoms with E-state index in [1.807, 2.05) is 32.0 Å². The fourth-order valence-electron chi connectivity index (χ4n) is 1.34. The minimum Gasteiger partial charge on any atom is -0.461 e. The fraction of sp³-hybridized carbons (Fsp3) is 0.182. The van der Waals surface area contributed by atoms with Gasteiger partial charge in [0.1, 0.15) is 11.5 Å². The third-order valence-electron chi connectivity index (χ3n) is 2.23. The Morgan fingerprint density at radius 2 is 1.92 bits per heavy atom. The van der Waals surface area contributed by atoms with Gasteiger partial charge in [-0.1, -0.05) is 0 Å². The first-order chi connectivity index (χ1) is 6.16. The van der Waals surface area contributed by atoms with Gasteiger partial charge in [0.2, 0.25) is 0 Å². The van der Waals surface area contributed by atoms with Crippen molar-refractivity contribution in [3.63, 3.8) is 0 Å². The van der Waals surface area contributed by atoms with E-state index in [1.165, 1.54) is 0 Å². The molecule has 1 aliphatic carbocycles. The molecule has 0 unspecified atom stereocenters. The number of aryl methyl sites for hydroxylation is 2. The summed E-state index contributed by atoms with van der Waals surface area (Å²) in [5.41, 5.74) is 2.26. The maximum Gasteiger partial charge on any atom is 0.200 e. The second-order valence-electron chi connectivity index (χ2n) is 3.28. The molecule has 0 radical (unpaired) electrons. The van der Waals surface area contributed by atoms with Crippen LogP contribution in [0.5, 0.6) is 0 Å². The lowest BCUT2D eigenvalue weighted by atomic mass is 10.1. The van der Waals surface area contributed by atoms with Crippen molar-refractivity contribution in [3.05, 3.63) is 40.9 Å². The standard InChI is InChI=1S/C11H11NO/c1-7-5-9-3-4-10(12)6-11(9)13-8(7)2/h3-6,12H,1-2H3/p+1. The molecule has 0 amide bonds. The highest BCUT2D eigenvalue weighted by molar-refractivity contribution is 5.59. The smallest absolute Gasteiger partial charge is 0.200 e. The molecule has 1 aliphatic heterocycles. The average Bonchev–Trinajstić information content (AvgIpc) is 2.08. The predicted octanol–water partition coefficient (Wildman–Crippen LogP) is 0.661. The maximum absolute atomic E-state index is 5.65. The Morgan fingerprint density at radius 1 is 1.15 bits per heavy atom. The van der Waals surface area contributed by atoms with Gasteiger partial charge in [0.25, 0.3) is 0 Å². The molecule has 13 heavy (non-hydrogen) atoms. The van der Waals surface area contributed by atoms with E-state index >= 15 is 0 Å². The van der Waals surface area contributed by atoms with Crippen LogP contribution in [0.3, 0.4) is 0 Å². The van der Waals surface area contributed by atoms with Gasteiger partial charge in [0.05, 0.1) is 6.07 Å². The number of rotatable bonds is 0. The van der Waals surface area contributed by atoms with Gasteiger partial charge in [-0.3, -0.25) is 5.41 Å². The third kappa shape index (κ3) is 1.35. The zero-order chi connectivity index (χ0) is 9.42. The molecule has 1 heterocycles. The summed E-state index contributed by atoms with van der Waals surface area (Å²) in [5.74, 6) is 1.79. The molecule has 0 fully saturated rings. The molecule has 0 bridgehead atoms. The fourth-order valence-corrected chi connectivity index (χ4v) is 1.34. The van der Waals surface area contributed by atoms with Crippen LogP contribution in [0.25, 0.3) is 11.3 Å². The van der Waals surface area contributed by atoms with Crippen LogP contribution >= 0.6 is 0 Å². The average molecular weight is 174 g/mol. The molecule has 66 valence electrons. The third-order valence-corrected chi connectivity index (χ3v) is 2.23. The second kappa shape index (κ2) is 2.73. The largest absolute Gasteiger partial charge is 0.461 e. The van der Waals surface area contributed by atoms with E-state index in [0.717, 1.165) is 28.0 Å². The molecule has 0 aromatic rings. The van der Waals surface area contributed by atoms with Crippen molar-refractivity contribution in [2.45, 2.75) is 13.8 Å². The van der Waals surface area contributed by atoms with Gasteiger partial charge in [-0.25, -0.2) is 0 Å². The van der Waals surface area contributed by atoms with E-state index < -0.39 is 0 Å². The topological polar surface area (TPSA) is 38.7 Å². The number of hydrogen-bond acceptors (Lipinski definition) is 1. The van der Waals surface area contributed by atoms with E-state index in [9.17, 15) is 0 Å². The second-order valence-corrected chi connectivity index (χ2v) is 3.28. The number of nitrogens with two attached hydrogens (primary N) is 1. The highest BCUT2D eigenvalue weighted by atomic mass is 16.3. The molecule has 0 aromatic heterocycles. The highest BCUT2D eigenvalue weighted by Gasteiger charge is 2.06. The van der Waals surface area contributed by atoms with Gasteiger partial charge in [-0.2, -0.15) is 0 Å². The van der Waals surface area contributed by atoms with E-state index in [-0.39, 0.29) is 0 Å². The Balaban J connectivity index is 2.83. The van der Waals surface area contributed by atoms with Gasteiger partial charge in [-0.05, 0) is 31.5 Å². The summed E-state index contributed by atoms with van der Waals surface area (Å²) in [6.07, 6.45) is 0. The van der Waals surface area contributed by atoms with Crippen LogP contribution in [0.1, 0.15) is 11.3 Å². The van der Waals surface area contributed by atoms with E-state index in [4.69, 9.17) is 9.83 Å². The summed E-state index contributed by atoms with van der Waals surface area (Å²) in [5, 5.41) is 6.39. The van der Waals surface area contributed by atoms with Crippen molar-refractivity contribution in [1.29, 1.82) is 0 Å². The molecular formula is C11H12NO+. The summed E-state index contributed by atoms with van der Waals surface area (Å²) in [4.78, 5) is 0. The molecule has 0 saturated carbocycles. The molecule has 2 aliphatic rings. The van der Waals surface area contributed by atoms with Crippen molar-refractivity contribution in [1.82, 2.24) is 0 Å². The van der Waals surface area contributed by atoms with Crippen LogP contribution < -0.4 is 10.8 Å². The van der Waals surface area contributed by atoms with Crippen LogP contribution in [0, 0.1) is 13.8 Å². The molecule has 2 rings (SSSR count). The van der Waals surface area contributed by atoms with Crippen molar-refractivity contribution in [3.8, 4) is 11.3 Å². The molecule has 0 atom stereocenters. The summed E-state index contributed by atoms with van der Waals surface area (Å²) >= 11 is 0. The van der Waals surface area contributed by atoms with Crippen molar-refractivity contribution < 1.29 is 9.83 Å². The van der Waals surface area contributed by atoms with Gasteiger partial charge in [-0.15, -0.1) is 0 Å². The normalized spacial score (nSPS) is 10.6. The Labute approximate surface area is 76.7 Å². The lowest BCUT2D eigenvalue weighted by molar-refractivity contribution is -0.172. The minimum atomic E-state index is 0.736. The van der Waals surface area contributed by atoms with Crippen LogP contribution in [-0.2, 0) is 0 Å². The molecule has 0 aromatic carbocycles. The predicted molar refractivity (Wildman–Crippen MR) is 49.9 cm³/mol. The Bertz CT molecular complexity index is 470. The molecule has 0 saturated heterocycles. The van der Waals surface area contributed by atoms with E-state index in [0.29, 0.717) is 0 Å². The van der Waals surface area contributed by atoms with Crippen molar-refractivity contribution >= 4 is 0 Å². The number of hydrogen-bond donors (Lipinski definition) is 1. The first-order valence-corrected chi connectivity index (χ1v) is 4.26. The van der Waals surface area contributed by atoms with Crippen LogP contribution in [0.15, 0.2) is 28.7 Å². The van der Waals surface area contributed by atoms with Gasteiger partial charge in [0.15, 0.2) is 5.36 Å². The van der Waals surface area contributed by atoms with E-state index in [2.05, 4.69) is 6.07 Å². The summed E-state index contributed by atoms with van der Waals surface area (Å²) in [6, 6.07) is 7.81. The molecule has 2 heteroatoms. The van der Waals surface area contributed by atoms with E-state index in [1.54, 1.807) is 0 Å². The Kier molecular flexibility index (Phi) is 1.69. The van der Waals surface area contributed by atoms with Crippen molar-refractivity contribution in [2.75, 3.05) is 0 Å². The lowest BCUT2D eigenvalue weighted by Crippen LogP contribution is -2.44. The highest BCUT2D eigenvalue weighted by Crippen LogP contribution is 2.23. The first-order valence-electron chi connectivity index (χ1n) is 4.26.